The molecule has 0 radical (unpaired) electrons. The lowest BCUT2D eigenvalue weighted by molar-refractivity contribution is -0.133. The molecule has 1 unspecified atom stereocenters. The lowest BCUT2D eigenvalue weighted by Gasteiger charge is -2.33. The van der Waals surface area contributed by atoms with E-state index in [1.54, 1.807) is 0 Å². The Morgan fingerprint density at radius 3 is 2.59 bits per heavy atom. The number of hydrogen-bond acceptors (Lipinski definition) is 3. The largest absolute Gasteiger partial charge is 0.345 e. The molecular weight excluding hydrogens is 302 g/mol. The Labute approximate surface area is 135 Å². The van der Waals surface area contributed by atoms with Crippen LogP contribution in [0.25, 0.3) is 0 Å². The van der Waals surface area contributed by atoms with Crippen LogP contribution in [0.5, 0.6) is 0 Å². The van der Waals surface area contributed by atoms with Gasteiger partial charge < -0.3 is 15.5 Å². The highest BCUT2D eigenvalue weighted by atomic mass is 35.5. The summed E-state index contributed by atoms with van der Waals surface area (Å²) in [5, 5.41) is 6.45. The zero-order valence-corrected chi connectivity index (χ0v) is 13.1. The quantitative estimate of drug-likeness (QED) is 0.861. The molecular formula is C16H20ClN3O2. The number of piperazine rings is 1. The van der Waals surface area contributed by atoms with E-state index in [1.807, 2.05) is 29.2 Å². The normalized spacial score (nSPS) is 28.8. The number of likely N-dealkylation sites (tertiary alicyclic amines) is 1. The van der Waals surface area contributed by atoms with Gasteiger partial charge >= 0.3 is 0 Å². The minimum Gasteiger partial charge on any atom is -0.345 e. The summed E-state index contributed by atoms with van der Waals surface area (Å²) in [4.78, 5) is 26.4. The molecule has 2 N–H and O–H groups in total. The van der Waals surface area contributed by atoms with Gasteiger partial charge in [0.05, 0.1) is 12.5 Å². The lowest BCUT2D eigenvalue weighted by Crippen LogP contribution is -2.53. The number of hydrogen-bond donors (Lipinski definition) is 2. The van der Waals surface area contributed by atoms with Crippen molar-refractivity contribution in [2.45, 2.75) is 37.4 Å². The van der Waals surface area contributed by atoms with Crippen molar-refractivity contribution in [2.75, 3.05) is 13.1 Å². The van der Waals surface area contributed by atoms with Crippen molar-refractivity contribution in [3.63, 3.8) is 0 Å². The molecule has 2 amide bonds. The minimum atomic E-state index is -0.172. The maximum Gasteiger partial charge on any atom is 0.252 e. The van der Waals surface area contributed by atoms with Crippen LogP contribution >= 0.6 is 12.4 Å². The van der Waals surface area contributed by atoms with Gasteiger partial charge in [0.1, 0.15) is 0 Å². The molecule has 2 saturated heterocycles. The molecule has 3 heterocycles. The summed E-state index contributed by atoms with van der Waals surface area (Å²) in [5.41, 5.74) is 1.66. The Balaban J connectivity index is 0.00000144. The van der Waals surface area contributed by atoms with Crippen LogP contribution in [0.1, 0.15) is 41.2 Å². The molecule has 3 aliphatic heterocycles. The van der Waals surface area contributed by atoms with Crippen LogP contribution in [-0.4, -0.2) is 41.9 Å². The summed E-state index contributed by atoms with van der Waals surface area (Å²) in [5.74, 6) is 0.0826. The van der Waals surface area contributed by atoms with Crippen LogP contribution in [0.4, 0.5) is 0 Å². The number of carbonyl (C=O) groups is 2. The maximum atomic E-state index is 12.5. The van der Waals surface area contributed by atoms with Crippen molar-refractivity contribution in [1.29, 1.82) is 0 Å². The van der Waals surface area contributed by atoms with Gasteiger partial charge in [0.2, 0.25) is 5.91 Å². The zero-order valence-electron chi connectivity index (χ0n) is 12.2. The molecule has 0 spiro atoms. The number of nitrogens with one attached hydrogen (secondary N) is 2. The molecule has 2 fully saturated rings. The molecule has 118 valence electrons. The number of nitrogens with zero attached hydrogens (tertiary/aromatic N) is 1. The molecule has 0 aliphatic carbocycles. The highest BCUT2D eigenvalue weighted by molar-refractivity contribution is 5.99. The van der Waals surface area contributed by atoms with Crippen molar-refractivity contribution < 1.29 is 9.59 Å². The standard InChI is InChI=1S/C16H19N3O2.ClH/c20-15(19-8-10-5-6-11(9-19)17-10)7-14-12-3-1-2-4-13(12)16(21)18-14;/h1-4,10-11,14,17H,5-9H2,(H,18,21);1H/t10-,11+,14?;. The van der Waals surface area contributed by atoms with Gasteiger partial charge in [0, 0.05) is 30.7 Å². The molecule has 22 heavy (non-hydrogen) atoms. The molecule has 1 aromatic carbocycles. The molecule has 2 bridgehead atoms. The summed E-state index contributed by atoms with van der Waals surface area (Å²) in [6.07, 6.45) is 2.69. The van der Waals surface area contributed by atoms with Crippen LogP contribution in [0.3, 0.4) is 0 Å². The molecule has 6 heteroatoms. The number of amides is 2. The monoisotopic (exact) mass is 321 g/mol. The smallest absolute Gasteiger partial charge is 0.252 e. The number of fused-ring (bicyclic) bond motifs is 3. The number of benzene rings is 1. The first-order valence-corrected chi connectivity index (χ1v) is 7.64. The first-order valence-electron chi connectivity index (χ1n) is 7.64. The third-order valence-corrected chi connectivity index (χ3v) is 4.83. The van der Waals surface area contributed by atoms with Crippen molar-refractivity contribution in [2.24, 2.45) is 0 Å². The average Bonchev–Trinajstić information content (AvgIpc) is 2.99. The molecule has 0 saturated carbocycles. The average molecular weight is 322 g/mol. The van der Waals surface area contributed by atoms with Crippen LogP contribution in [0.15, 0.2) is 24.3 Å². The van der Waals surface area contributed by atoms with Crippen molar-refractivity contribution >= 4 is 24.2 Å². The Morgan fingerprint density at radius 2 is 1.86 bits per heavy atom. The minimum absolute atomic E-state index is 0. The van der Waals surface area contributed by atoms with E-state index in [9.17, 15) is 9.59 Å². The summed E-state index contributed by atoms with van der Waals surface area (Å²) < 4.78 is 0. The van der Waals surface area contributed by atoms with Crippen LogP contribution in [-0.2, 0) is 4.79 Å². The van der Waals surface area contributed by atoms with Gasteiger partial charge in [-0.05, 0) is 24.5 Å². The second-order valence-corrected chi connectivity index (χ2v) is 6.25. The molecule has 4 rings (SSSR count). The fraction of sp³-hybridized carbons (Fsp3) is 0.500. The summed E-state index contributed by atoms with van der Waals surface area (Å²) >= 11 is 0. The van der Waals surface area contributed by atoms with E-state index >= 15 is 0 Å². The number of rotatable bonds is 2. The van der Waals surface area contributed by atoms with Gasteiger partial charge in [0.25, 0.3) is 5.91 Å². The molecule has 5 nitrogen and oxygen atoms in total. The Bertz CT molecular complexity index is 595. The predicted molar refractivity (Wildman–Crippen MR) is 85.0 cm³/mol. The van der Waals surface area contributed by atoms with Crippen LogP contribution in [0, 0.1) is 0 Å². The van der Waals surface area contributed by atoms with E-state index in [-0.39, 0.29) is 30.3 Å². The molecule has 3 atom stereocenters. The molecule has 1 aromatic rings. The van der Waals surface area contributed by atoms with Crippen molar-refractivity contribution in [3.8, 4) is 0 Å². The number of carbonyl (C=O) groups excluding carboxylic acids is 2. The van der Waals surface area contributed by atoms with E-state index < -0.39 is 0 Å². The van der Waals surface area contributed by atoms with Gasteiger partial charge in [-0.15, -0.1) is 12.4 Å². The fourth-order valence-corrected chi connectivity index (χ4v) is 3.79. The molecule has 3 aliphatic rings. The molecule has 0 aromatic heterocycles. The summed E-state index contributed by atoms with van der Waals surface area (Å²) in [6, 6.07) is 8.27. The topological polar surface area (TPSA) is 61.4 Å². The SMILES string of the molecule is Cl.O=C1NC(CC(=O)N2C[C@H]3CC[C@@H](C2)N3)c2ccccc21. The predicted octanol–water partition coefficient (Wildman–Crippen LogP) is 1.25. The van der Waals surface area contributed by atoms with E-state index in [0.717, 1.165) is 31.5 Å². The van der Waals surface area contributed by atoms with Gasteiger partial charge in [0.15, 0.2) is 0 Å². The number of halogens is 1. The lowest BCUT2D eigenvalue weighted by atomic mass is 10.0. The summed E-state index contributed by atoms with van der Waals surface area (Å²) in [7, 11) is 0. The highest BCUT2D eigenvalue weighted by Gasteiger charge is 2.36. The fourth-order valence-electron chi connectivity index (χ4n) is 3.79. The van der Waals surface area contributed by atoms with Crippen molar-refractivity contribution in [3.05, 3.63) is 35.4 Å². The van der Waals surface area contributed by atoms with Crippen LogP contribution < -0.4 is 10.6 Å². The van der Waals surface area contributed by atoms with E-state index in [1.165, 1.54) is 0 Å². The van der Waals surface area contributed by atoms with Gasteiger partial charge in [-0.1, -0.05) is 18.2 Å². The Kier molecular flexibility index (Phi) is 4.10. The van der Waals surface area contributed by atoms with E-state index in [4.69, 9.17) is 0 Å². The Morgan fingerprint density at radius 1 is 1.18 bits per heavy atom. The van der Waals surface area contributed by atoms with E-state index in [2.05, 4.69) is 10.6 Å². The first kappa shape index (κ1) is 15.3. The van der Waals surface area contributed by atoms with E-state index in [0.29, 0.717) is 24.1 Å². The van der Waals surface area contributed by atoms with Gasteiger partial charge in [-0.3, -0.25) is 9.59 Å². The van der Waals surface area contributed by atoms with Crippen LogP contribution in [0.2, 0.25) is 0 Å². The highest BCUT2D eigenvalue weighted by Crippen LogP contribution is 2.29. The second kappa shape index (κ2) is 5.89. The van der Waals surface area contributed by atoms with Gasteiger partial charge in [-0.25, -0.2) is 0 Å². The zero-order chi connectivity index (χ0) is 14.4. The first-order chi connectivity index (χ1) is 10.2. The third-order valence-electron chi connectivity index (χ3n) is 4.83. The van der Waals surface area contributed by atoms with Crippen molar-refractivity contribution in [1.82, 2.24) is 15.5 Å². The second-order valence-electron chi connectivity index (χ2n) is 6.25. The summed E-state index contributed by atoms with van der Waals surface area (Å²) in [6.45, 7) is 1.61. The van der Waals surface area contributed by atoms with Gasteiger partial charge in [-0.2, -0.15) is 0 Å². The Hall–Kier alpha value is -1.59. The maximum absolute atomic E-state index is 12.5. The third kappa shape index (κ3) is 2.59.